The molecular weight excluding hydrogens is 324 g/mol. The first-order chi connectivity index (χ1) is 12.8. The maximum atomic E-state index is 4.55. The Kier molecular flexibility index (Phi) is 3.85. The van der Waals surface area contributed by atoms with Gasteiger partial charge in [-0.2, -0.15) is 0 Å². The van der Waals surface area contributed by atoms with Gasteiger partial charge in [0.25, 0.3) is 0 Å². The molecule has 6 heteroatoms. The lowest BCUT2D eigenvalue weighted by atomic mass is 9.81. The van der Waals surface area contributed by atoms with Gasteiger partial charge in [0.1, 0.15) is 12.0 Å². The molecule has 2 aliphatic rings. The van der Waals surface area contributed by atoms with E-state index in [9.17, 15) is 0 Å². The Hall–Kier alpha value is -2.47. The second kappa shape index (κ2) is 6.36. The molecule has 1 spiro atoms. The molecule has 0 radical (unpaired) electrons. The van der Waals surface area contributed by atoms with E-state index in [2.05, 4.69) is 36.2 Å². The Morgan fingerprint density at radius 2 is 2.00 bits per heavy atom. The van der Waals surface area contributed by atoms with E-state index in [-0.39, 0.29) is 5.54 Å². The molecule has 1 atom stereocenters. The van der Waals surface area contributed by atoms with Crippen molar-refractivity contribution in [1.29, 1.82) is 0 Å². The largest absolute Gasteiger partial charge is 0.369 e. The number of hydrogen-bond acceptors (Lipinski definition) is 5. The summed E-state index contributed by atoms with van der Waals surface area (Å²) in [5.74, 6) is 0. The van der Waals surface area contributed by atoms with Crippen LogP contribution in [-0.2, 0) is 0 Å². The highest BCUT2D eigenvalue weighted by Crippen LogP contribution is 2.37. The van der Waals surface area contributed by atoms with Crippen LogP contribution in [-0.4, -0.2) is 45.1 Å². The Morgan fingerprint density at radius 3 is 2.85 bits per heavy atom. The van der Waals surface area contributed by atoms with Crippen molar-refractivity contribution >= 4 is 16.7 Å². The molecule has 0 bridgehead atoms. The van der Waals surface area contributed by atoms with Gasteiger partial charge in [0, 0.05) is 42.8 Å². The van der Waals surface area contributed by atoms with Crippen molar-refractivity contribution in [2.75, 3.05) is 24.5 Å². The monoisotopic (exact) mass is 348 g/mol. The summed E-state index contributed by atoms with van der Waals surface area (Å²) in [6, 6.07) is 4.11. The van der Waals surface area contributed by atoms with Crippen LogP contribution >= 0.6 is 0 Å². The zero-order valence-electron chi connectivity index (χ0n) is 14.9. The number of piperidine rings is 2. The van der Waals surface area contributed by atoms with Gasteiger partial charge in [-0.3, -0.25) is 0 Å². The van der Waals surface area contributed by atoms with Crippen molar-refractivity contribution < 1.29 is 0 Å². The van der Waals surface area contributed by atoms with Crippen molar-refractivity contribution in [1.82, 2.24) is 25.3 Å². The van der Waals surface area contributed by atoms with Gasteiger partial charge in [0.2, 0.25) is 0 Å². The number of anilines is 1. The summed E-state index contributed by atoms with van der Waals surface area (Å²) >= 11 is 0. The molecule has 0 saturated carbocycles. The van der Waals surface area contributed by atoms with E-state index in [0.717, 1.165) is 36.5 Å². The Morgan fingerprint density at radius 1 is 1.04 bits per heavy atom. The summed E-state index contributed by atoms with van der Waals surface area (Å²) in [7, 11) is 0. The molecule has 5 rings (SSSR count). The maximum absolute atomic E-state index is 4.55. The van der Waals surface area contributed by atoms with Crippen LogP contribution in [0, 0.1) is 0 Å². The van der Waals surface area contributed by atoms with E-state index in [0.29, 0.717) is 0 Å². The van der Waals surface area contributed by atoms with Crippen LogP contribution in [0.15, 0.2) is 37.1 Å². The van der Waals surface area contributed by atoms with E-state index in [1.54, 1.807) is 12.5 Å². The third-order valence-electron chi connectivity index (χ3n) is 5.91. The summed E-state index contributed by atoms with van der Waals surface area (Å²) in [6.07, 6.45) is 13.7. The summed E-state index contributed by atoms with van der Waals surface area (Å²) in [6.45, 7) is 3.31. The fourth-order valence-corrected chi connectivity index (χ4v) is 4.67. The SMILES string of the molecule is c1cc(-c2c[nH]c3nccc(N4CCCC5(CCCCN5)C4)c23)ncn1. The lowest BCUT2D eigenvalue weighted by Gasteiger charge is -2.47. The van der Waals surface area contributed by atoms with Gasteiger partial charge < -0.3 is 15.2 Å². The molecule has 3 aromatic rings. The molecule has 26 heavy (non-hydrogen) atoms. The minimum Gasteiger partial charge on any atom is -0.369 e. The van der Waals surface area contributed by atoms with Crippen molar-refractivity contribution in [3.8, 4) is 11.3 Å². The highest BCUT2D eigenvalue weighted by Gasteiger charge is 2.36. The minimum atomic E-state index is 0.275. The van der Waals surface area contributed by atoms with Gasteiger partial charge in [-0.1, -0.05) is 6.42 Å². The van der Waals surface area contributed by atoms with Crippen LogP contribution in [0.3, 0.4) is 0 Å². The zero-order valence-corrected chi connectivity index (χ0v) is 14.9. The van der Waals surface area contributed by atoms with Crippen LogP contribution in [0.5, 0.6) is 0 Å². The second-order valence-electron chi connectivity index (χ2n) is 7.54. The van der Waals surface area contributed by atoms with Crippen molar-refractivity contribution in [3.05, 3.63) is 37.1 Å². The molecule has 0 aliphatic carbocycles. The Bertz CT molecular complexity index is 892. The lowest BCUT2D eigenvalue weighted by molar-refractivity contribution is 0.216. The molecule has 2 aliphatic heterocycles. The number of fused-ring (bicyclic) bond motifs is 1. The van der Waals surface area contributed by atoms with Gasteiger partial charge in [0.15, 0.2) is 0 Å². The van der Waals surface area contributed by atoms with E-state index in [1.165, 1.54) is 43.2 Å². The topological polar surface area (TPSA) is 69.7 Å². The number of nitrogens with zero attached hydrogens (tertiary/aromatic N) is 4. The van der Waals surface area contributed by atoms with Gasteiger partial charge in [-0.25, -0.2) is 15.0 Å². The number of H-pyrrole nitrogens is 1. The van der Waals surface area contributed by atoms with E-state index in [4.69, 9.17) is 0 Å². The van der Waals surface area contributed by atoms with Gasteiger partial charge in [-0.05, 0) is 44.4 Å². The molecule has 0 aromatic carbocycles. The Labute approximate surface area is 153 Å². The van der Waals surface area contributed by atoms with E-state index < -0.39 is 0 Å². The minimum absolute atomic E-state index is 0.275. The number of pyridine rings is 1. The first-order valence-electron chi connectivity index (χ1n) is 9.57. The number of hydrogen-bond donors (Lipinski definition) is 2. The molecule has 134 valence electrons. The average Bonchev–Trinajstić information content (AvgIpc) is 3.14. The van der Waals surface area contributed by atoms with Crippen molar-refractivity contribution in [2.24, 2.45) is 0 Å². The van der Waals surface area contributed by atoms with Gasteiger partial charge in [-0.15, -0.1) is 0 Å². The number of aromatic amines is 1. The van der Waals surface area contributed by atoms with E-state index >= 15 is 0 Å². The molecular formula is C20H24N6. The van der Waals surface area contributed by atoms with Crippen molar-refractivity contribution in [2.45, 2.75) is 37.6 Å². The smallest absolute Gasteiger partial charge is 0.140 e. The van der Waals surface area contributed by atoms with Gasteiger partial charge in [0.05, 0.1) is 16.8 Å². The molecule has 3 aromatic heterocycles. The molecule has 2 N–H and O–H groups in total. The average molecular weight is 348 g/mol. The fourth-order valence-electron chi connectivity index (χ4n) is 4.67. The number of nitrogens with one attached hydrogen (secondary N) is 2. The quantitative estimate of drug-likeness (QED) is 0.745. The summed E-state index contributed by atoms with van der Waals surface area (Å²) in [5.41, 5.74) is 4.49. The second-order valence-corrected chi connectivity index (χ2v) is 7.54. The van der Waals surface area contributed by atoms with Gasteiger partial charge >= 0.3 is 0 Å². The van der Waals surface area contributed by atoms with E-state index in [1.807, 2.05) is 18.5 Å². The predicted octanol–water partition coefficient (Wildman–Crippen LogP) is 3.13. The van der Waals surface area contributed by atoms with Crippen LogP contribution < -0.4 is 10.2 Å². The molecule has 2 fully saturated rings. The molecule has 0 amide bonds. The highest BCUT2D eigenvalue weighted by atomic mass is 15.2. The first-order valence-corrected chi connectivity index (χ1v) is 9.57. The molecule has 1 unspecified atom stereocenters. The standard InChI is InChI=1S/C20H24N6/c1-2-8-25-20(6-1)7-3-11-26(13-20)17-5-10-22-19-18(17)15(12-23-19)16-4-9-21-14-24-16/h4-5,9-10,12,14,25H,1-3,6-8,11,13H2,(H,22,23). The molecule has 2 saturated heterocycles. The summed E-state index contributed by atoms with van der Waals surface area (Å²) in [5, 5.41) is 5.00. The lowest BCUT2D eigenvalue weighted by Crippen LogP contribution is -2.59. The molecule has 6 nitrogen and oxygen atoms in total. The summed E-state index contributed by atoms with van der Waals surface area (Å²) in [4.78, 5) is 18.9. The third-order valence-corrected chi connectivity index (χ3v) is 5.91. The molecule has 5 heterocycles. The highest BCUT2D eigenvalue weighted by molar-refractivity contribution is 6.01. The van der Waals surface area contributed by atoms with Crippen molar-refractivity contribution in [3.63, 3.8) is 0 Å². The van der Waals surface area contributed by atoms with Crippen LogP contribution in [0.4, 0.5) is 5.69 Å². The number of aromatic nitrogens is 4. The van der Waals surface area contributed by atoms with Crippen LogP contribution in [0.1, 0.15) is 32.1 Å². The summed E-state index contributed by atoms with van der Waals surface area (Å²) < 4.78 is 0. The fraction of sp³-hybridized carbons (Fsp3) is 0.450. The first kappa shape index (κ1) is 15.8. The Balaban J connectivity index is 1.57. The zero-order chi connectivity index (χ0) is 17.4. The maximum Gasteiger partial charge on any atom is 0.140 e. The number of rotatable bonds is 2. The normalized spacial score (nSPS) is 23.6. The van der Waals surface area contributed by atoms with Crippen LogP contribution in [0.2, 0.25) is 0 Å². The third kappa shape index (κ3) is 2.65. The van der Waals surface area contributed by atoms with Crippen LogP contribution in [0.25, 0.3) is 22.3 Å². The predicted molar refractivity (Wildman–Crippen MR) is 103 cm³/mol.